The Morgan fingerprint density at radius 2 is 1.83 bits per heavy atom. The zero-order chi connectivity index (χ0) is 14.4. The van der Waals surface area contributed by atoms with Crippen LogP contribution in [-0.4, -0.2) is 17.2 Å². The molecule has 5 nitrogen and oxygen atoms in total. The SMILES string of the molecule is CC(C)CC(=O)O.CCCCCCC(C)ON=O. The van der Waals surface area contributed by atoms with Crippen LogP contribution in [0.25, 0.3) is 0 Å². The van der Waals surface area contributed by atoms with E-state index in [1.54, 1.807) is 0 Å². The summed E-state index contributed by atoms with van der Waals surface area (Å²) in [6, 6.07) is 0. The average molecular weight is 261 g/mol. The molecule has 0 bridgehead atoms. The van der Waals surface area contributed by atoms with Crippen molar-refractivity contribution in [2.24, 2.45) is 11.3 Å². The molecule has 0 fully saturated rings. The molecule has 1 N–H and O–H groups in total. The van der Waals surface area contributed by atoms with E-state index in [2.05, 4.69) is 17.1 Å². The highest BCUT2D eigenvalue weighted by Crippen LogP contribution is 2.07. The molecule has 0 aliphatic heterocycles. The van der Waals surface area contributed by atoms with Gasteiger partial charge in [-0.1, -0.05) is 40.0 Å². The first-order valence-corrected chi connectivity index (χ1v) is 6.64. The molecule has 0 aromatic rings. The average Bonchev–Trinajstić information content (AvgIpc) is 2.24. The molecule has 5 heteroatoms. The minimum absolute atomic E-state index is 0.00986. The van der Waals surface area contributed by atoms with Crippen molar-refractivity contribution in [2.45, 2.75) is 72.3 Å². The molecule has 0 aromatic carbocycles. The molecule has 1 atom stereocenters. The Hall–Kier alpha value is -1.13. The smallest absolute Gasteiger partial charge is 0.303 e. The summed E-state index contributed by atoms with van der Waals surface area (Å²) in [4.78, 5) is 23.9. The van der Waals surface area contributed by atoms with Crippen LogP contribution in [0.5, 0.6) is 0 Å². The van der Waals surface area contributed by atoms with E-state index < -0.39 is 5.97 Å². The third-order valence-corrected chi connectivity index (χ3v) is 2.27. The van der Waals surface area contributed by atoms with Crippen molar-refractivity contribution in [2.75, 3.05) is 0 Å². The number of rotatable bonds is 9. The minimum Gasteiger partial charge on any atom is -0.481 e. The first-order chi connectivity index (χ1) is 8.43. The number of aliphatic carboxylic acids is 1. The summed E-state index contributed by atoms with van der Waals surface area (Å²) in [5.74, 6) is -0.438. The van der Waals surface area contributed by atoms with Gasteiger partial charge in [-0.3, -0.25) is 4.79 Å². The van der Waals surface area contributed by atoms with E-state index in [4.69, 9.17) is 5.11 Å². The van der Waals surface area contributed by atoms with E-state index in [9.17, 15) is 9.70 Å². The molecule has 0 radical (unpaired) electrons. The zero-order valence-electron chi connectivity index (χ0n) is 12.0. The van der Waals surface area contributed by atoms with Gasteiger partial charge in [0.25, 0.3) is 0 Å². The monoisotopic (exact) mass is 261 g/mol. The molecule has 0 aliphatic carbocycles. The highest BCUT2D eigenvalue weighted by molar-refractivity contribution is 5.66. The lowest BCUT2D eigenvalue weighted by atomic mass is 10.1. The highest BCUT2D eigenvalue weighted by Gasteiger charge is 2.01. The molecule has 0 rings (SSSR count). The molecular weight excluding hydrogens is 234 g/mol. The number of carboxylic acids is 1. The lowest BCUT2D eigenvalue weighted by Gasteiger charge is -2.05. The number of carbonyl (C=O) groups is 1. The third-order valence-electron chi connectivity index (χ3n) is 2.27. The van der Waals surface area contributed by atoms with Gasteiger partial charge in [-0.15, -0.1) is 4.91 Å². The van der Waals surface area contributed by atoms with Crippen LogP contribution in [0.1, 0.15) is 66.2 Å². The zero-order valence-corrected chi connectivity index (χ0v) is 12.0. The van der Waals surface area contributed by atoms with E-state index in [1.165, 1.54) is 19.3 Å². The van der Waals surface area contributed by atoms with Crippen LogP contribution in [0.15, 0.2) is 5.34 Å². The summed E-state index contributed by atoms with van der Waals surface area (Å²) in [7, 11) is 0. The Kier molecular flexibility index (Phi) is 14.9. The van der Waals surface area contributed by atoms with Crippen molar-refractivity contribution in [3.05, 3.63) is 4.91 Å². The number of unbranched alkanes of at least 4 members (excludes halogenated alkanes) is 3. The van der Waals surface area contributed by atoms with Crippen molar-refractivity contribution in [3.8, 4) is 0 Å². The second kappa shape index (κ2) is 13.9. The topological polar surface area (TPSA) is 76.0 Å². The maximum Gasteiger partial charge on any atom is 0.303 e. The van der Waals surface area contributed by atoms with Crippen molar-refractivity contribution in [1.82, 2.24) is 0 Å². The molecule has 0 saturated carbocycles. The largest absolute Gasteiger partial charge is 0.481 e. The van der Waals surface area contributed by atoms with Crippen LogP contribution in [0.2, 0.25) is 0 Å². The summed E-state index contributed by atoms with van der Waals surface area (Å²) in [5, 5.41) is 10.5. The van der Waals surface area contributed by atoms with Gasteiger partial charge in [0.15, 0.2) is 5.34 Å². The molecule has 0 heterocycles. The van der Waals surface area contributed by atoms with Crippen LogP contribution in [0, 0.1) is 10.8 Å². The van der Waals surface area contributed by atoms with Crippen LogP contribution >= 0.6 is 0 Å². The van der Waals surface area contributed by atoms with Gasteiger partial charge in [-0.05, 0) is 25.7 Å². The van der Waals surface area contributed by atoms with Gasteiger partial charge < -0.3 is 9.94 Å². The molecule has 0 amide bonds. The van der Waals surface area contributed by atoms with Crippen molar-refractivity contribution in [1.29, 1.82) is 0 Å². The van der Waals surface area contributed by atoms with Gasteiger partial charge in [0.05, 0.1) is 0 Å². The fourth-order valence-corrected chi connectivity index (χ4v) is 1.33. The molecule has 0 saturated heterocycles. The molecule has 18 heavy (non-hydrogen) atoms. The molecule has 0 aliphatic rings. The van der Waals surface area contributed by atoms with E-state index >= 15 is 0 Å². The Bertz CT molecular complexity index is 207. The molecule has 0 spiro atoms. The van der Waals surface area contributed by atoms with Gasteiger partial charge in [0, 0.05) is 6.42 Å². The van der Waals surface area contributed by atoms with Crippen LogP contribution in [0.3, 0.4) is 0 Å². The van der Waals surface area contributed by atoms with Gasteiger partial charge in [0.1, 0.15) is 6.10 Å². The third kappa shape index (κ3) is 20.3. The lowest BCUT2D eigenvalue weighted by molar-refractivity contribution is -0.137. The standard InChI is InChI=1S/C8H17NO2.C5H10O2/c1-3-4-5-6-7-8(2)11-9-10;1-4(2)3-5(6)7/h8H,3-7H2,1-2H3;4H,3H2,1-2H3,(H,6,7). The van der Waals surface area contributed by atoms with E-state index in [-0.39, 0.29) is 18.4 Å². The van der Waals surface area contributed by atoms with E-state index in [1.807, 2.05) is 20.8 Å². The normalized spacial score (nSPS) is 11.4. The Morgan fingerprint density at radius 3 is 2.17 bits per heavy atom. The van der Waals surface area contributed by atoms with Crippen LogP contribution in [-0.2, 0) is 9.63 Å². The first kappa shape index (κ1) is 19.2. The van der Waals surface area contributed by atoms with Gasteiger partial charge in [-0.2, -0.15) is 0 Å². The predicted octanol–water partition coefficient (Wildman–Crippen LogP) is 4.16. The predicted molar refractivity (Wildman–Crippen MR) is 72.2 cm³/mol. The number of carboxylic acid groups (broad SMARTS) is 1. The fraction of sp³-hybridized carbons (Fsp3) is 0.923. The maximum atomic E-state index is 9.81. The summed E-state index contributed by atoms with van der Waals surface area (Å²) in [6.07, 6.45) is 6.06. The van der Waals surface area contributed by atoms with Crippen molar-refractivity contribution in [3.63, 3.8) is 0 Å². The van der Waals surface area contributed by atoms with Crippen molar-refractivity contribution < 1.29 is 14.7 Å². The first-order valence-electron chi connectivity index (χ1n) is 6.64. The fourth-order valence-electron chi connectivity index (χ4n) is 1.33. The summed E-state index contributed by atoms with van der Waals surface area (Å²) >= 11 is 0. The van der Waals surface area contributed by atoms with Crippen molar-refractivity contribution >= 4 is 5.97 Å². The molecule has 1 unspecified atom stereocenters. The van der Waals surface area contributed by atoms with Gasteiger partial charge in [-0.25, -0.2) is 0 Å². The quantitative estimate of drug-likeness (QED) is 0.384. The second-order valence-corrected chi connectivity index (χ2v) is 4.83. The number of hydrogen-bond acceptors (Lipinski definition) is 4. The highest BCUT2D eigenvalue weighted by atomic mass is 16.7. The molecular formula is C13H27NO4. The van der Waals surface area contributed by atoms with Crippen LogP contribution in [0.4, 0.5) is 0 Å². The van der Waals surface area contributed by atoms with Crippen LogP contribution < -0.4 is 0 Å². The maximum absolute atomic E-state index is 9.81. The summed E-state index contributed by atoms with van der Waals surface area (Å²) < 4.78 is 0. The van der Waals surface area contributed by atoms with E-state index in [0.717, 1.165) is 12.8 Å². The molecule has 108 valence electrons. The number of hydrogen-bond donors (Lipinski definition) is 1. The Morgan fingerprint density at radius 1 is 1.22 bits per heavy atom. The lowest BCUT2D eigenvalue weighted by Crippen LogP contribution is -2.02. The van der Waals surface area contributed by atoms with Gasteiger partial charge >= 0.3 is 5.97 Å². The summed E-state index contributed by atoms with van der Waals surface area (Å²) in [5.41, 5.74) is 0. The minimum atomic E-state index is -0.713. The second-order valence-electron chi connectivity index (χ2n) is 4.83. The Balaban J connectivity index is 0. The Labute approximate surface area is 110 Å². The number of nitrogens with zero attached hydrogens (tertiary/aromatic N) is 1. The summed E-state index contributed by atoms with van der Waals surface area (Å²) in [6.45, 7) is 7.81. The van der Waals surface area contributed by atoms with Gasteiger partial charge in [0.2, 0.25) is 0 Å². The molecule has 0 aromatic heterocycles. The van der Waals surface area contributed by atoms with E-state index in [0.29, 0.717) is 0 Å².